The van der Waals surface area contributed by atoms with Gasteiger partial charge in [0.25, 0.3) is 5.91 Å². The van der Waals surface area contributed by atoms with Gasteiger partial charge < -0.3 is 20.3 Å². The van der Waals surface area contributed by atoms with Gasteiger partial charge in [-0.2, -0.15) is 0 Å². The molecule has 1 aromatic carbocycles. The lowest BCUT2D eigenvalue weighted by Crippen LogP contribution is -2.49. The molecule has 0 aliphatic rings. The highest BCUT2D eigenvalue weighted by Crippen LogP contribution is 2.38. The Balaban J connectivity index is 2.31. The zero-order valence-corrected chi connectivity index (χ0v) is 23.1. The second-order valence-electron chi connectivity index (χ2n) is 11.0. The number of carbonyl (C=O) groups is 2. The number of unbranched alkanes of at least 4 members (excludes halogenated alkanes) is 1. The normalized spacial score (nSPS) is 13.9. The van der Waals surface area contributed by atoms with Gasteiger partial charge in [-0.25, -0.2) is 4.79 Å². The smallest absolute Gasteiger partial charge is 0.328 e. The summed E-state index contributed by atoms with van der Waals surface area (Å²) in [7, 11) is 0. The van der Waals surface area contributed by atoms with Crippen LogP contribution in [0.4, 0.5) is 0 Å². The molecular formula is C28H41NO5S. The first kappa shape index (κ1) is 28.9. The molecule has 6 nitrogen and oxygen atoms in total. The molecule has 194 valence electrons. The predicted molar refractivity (Wildman–Crippen MR) is 142 cm³/mol. The van der Waals surface area contributed by atoms with Gasteiger partial charge in [-0.15, -0.1) is 11.3 Å². The van der Waals surface area contributed by atoms with E-state index in [1.165, 1.54) is 25.2 Å². The van der Waals surface area contributed by atoms with Gasteiger partial charge in [0.2, 0.25) is 0 Å². The van der Waals surface area contributed by atoms with Crippen LogP contribution in [-0.4, -0.2) is 40.3 Å². The number of carbonyl (C=O) groups excluding carboxylic acids is 1. The van der Waals surface area contributed by atoms with E-state index in [1.54, 1.807) is 0 Å². The number of rotatable bonds is 11. The van der Waals surface area contributed by atoms with Crippen LogP contribution in [0.15, 0.2) is 24.3 Å². The molecule has 0 radical (unpaired) electrons. The molecule has 0 spiro atoms. The zero-order chi connectivity index (χ0) is 26.6. The Morgan fingerprint density at radius 1 is 1.09 bits per heavy atom. The third-order valence-corrected chi connectivity index (χ3v) is 7.64. The highest BCUT2D eigenvalue weighted by molar-refractivity contribution is 7.14. The van der Waals surface area contributed by atoms with Gasteiger partial charge in [0.1, 0.15) is 17.9 Å². The lowest BCUT2D eigenvalue weighted by atomic mass is 9.89. The summed E-state index contributed by atoms with van der Waals surface area (Å²) in [6, 6.07) is 8.20. The average Bonchev–Trinajstić information content (AvgIpc) is 3.13. The van der Waals surface area contributed by atoms with Crippen molar-refractivity contribution in [3.63, 3.8) is 0 Å². The van der Waals surface area contributed by atoms with Gasteiger partial charge in [0.15, 0.2) is 0 Å². The first-order valence-electron chi connectivity index (χ1n) is 12.2. The number of aliphatic hydroxyl groups excluding tert-OH is 1. The molecule has 0 aliphatic carbocycles. The van der Waals surface area contributed by atoms with E-state index in [1.807, 2.05) is 46.8 Å². The first-order valence-corrected chi connectivity index (χ1v) is 13.1. The van der Waals surface area contributed by atoms with Crippen molar-refractivity contribution in [2.75, 3.05) is 6.61 Å². The van der Waals surface area contributed by atoms with Crippen molar-refractivity contribution in [1.29, 1.82) is 0 Å². The molecule has 2 unspecified atom stereocenters. The summed E-state index contributed by atoms with van der Waals surface area (Å²) >= 11 is 1.43. The highest BCUT2D eigenvalue weighted by Gasteiger charge is 2.31. The molecule has 1 amide bonds. The van der Waals surface area contributed by atoms with Crippen molar-refractivity contribution in [1.82, 2.24) is 5.32 Å². The fourth-order valence-electron chi connectivity index (χ4n) is 3.65. The summed E-state index contributed by atoms with van der Waals surface area (Å²) in [6.07, 6.45) is 2.49. The van der Waals surface area contributed by atoms with Gasteiger partial charge in [-0.3, -0.25) is 4.79 Å². The number of hydrogen-bond acceptors (Lipinski definition) is 5. The minimum absolute atomic E-state index is 0.126. The molecule has 2 rings (SSSR count). The van der Waals surface area contributed by atoms with Crippen LogP contribution in [0, 0.1) is 19.3 Å². The number of hydrogen-bond donors (Lipinski definition) is 3. The molecule has 1 heterocycles. The van der Waals surface area contributed by atoms with Crippen LogP contribution in [0.25, 0.3) is 0 Å². The van der Waals surface area contributed by atoms with Crippen molar-refractivity contribution in [2.24, 2.45) is 5.41 Å². The third kappa shape index (κ3) is 7.55. The van der Waals surface area contributed by atoms with E-state index in [9.17, 15) is 19.8 Å². The number of ether oxygens (including phenoxy) is 1. The molecule has 0 aliphatic heterocycles. The second kappa shape index (κ2) is 11.6. The molecule has 3 N–H and O–H groups in total. The molecule has 0 bridgehead atoms. The van der Waals surface area contributed by atoms with Crippen LogP contribution in [0.1, 0.15) is 98.0 Å². The van der Waals surface area contributed by atoms with E-state index in [2.05, 4.69) is 24.4 Å². The topological polar surface area (TPSA) is 95.9 Å². The number of carboxylic acids is 1. The monoisotopic (exact) mass is 503 g/mol. The minimum Gasteiger partial charge on any atom is -0.491 e. The SMILES string of the molecule is CCCCC(c1ccc(OCC(O)C(C)(C)C)c(C)c1)c1cc(C)c(C(=O)NC(C)(C)C(=O)O)s1. The Hall–Kier alpha value is -2.38. The van der Waals surface area contributed by atoms with Gasteiger partial charge in [0, 0.05) is 10.8 Å². The standard InChI is InChI=1S/C28H41NO5S/c1-9-10-11-20(19-12-13-21(17(2)14-19)34-16-23(30)27(4,5)6)22-15-18(3)24(35-22)25(31)29-28(7,8)26(32)33/h12-15,20,23,30H,9-11,16H2,1-8H3,(H,29,31)(H,32,33). The Labute approximate surface area is 213 Å². The van der Waals surface area contributed by atoms with Crippen LogP contribution in [0.3, 0.4) is 0 Å². The van der Waals surface area contributed by atoms with Crippen molar-refractivity contribution in [3.05, 3.63) is 50.7 Å². The van der Waals surface area contributed by atoms with E-state index >= 15 is 0 Å². The lowest BCUT2D eigenvalue weighted by molar-refractivity contribution is -0.143. The number of thiophene rings is 1. The summed E-state index contributed by atoms with van der Waals surface area (Å²) < 4.78 is 5.92. The molecule has 1 aromatic heterocycles. The maximum Gasteiger partial charge on any atom is 0.328 e. The van der Waals surface area contributed by atoms with E-state index in [0.29, 0.717) is 4.88 Å². The van der Waals surface area contributed by atoms with E-state index in [0.717, 1.165) is 46.6 Å². The van der Waals surface area contributed by atoms with Crippen molar-refractivity contribution in [3.8, 4) is 5.75 Å². The van der Waals surface area contributed by atoms with Crippen LogP contribution in [0.5, 0.6) is 5.75 Å². The minimum atomic E-state index is -1.34. The molecule has 2 aromatic rings. The van der Waals surface area contributed by atoms with Gasteiger partial charge in [-0.1, -0.05) is 52.7 Å². The zero-order valence-electron chi connectivity index (χ0n) is 22.3. The average molecular weight is 504 g/mol. The molecule has 0 saturated heterocycles. The molecular weight excluding hydrogens is 462 g/mol. The second-order valence-corrected chi connectivity index (χ2v) is 12.0. The molecule has 35 heavy (non-hydrogen) atoms. The van der Waals surface area contributed by atoms with E-state index in [4.69, 9.17) is 4.74 Å². The summed E-state index contributed by atoms with van der Waals surface area (Å²) in [5, 5.41) is 22.3. The summed E-state index contributed by atoms with van der Waals surface area (Å²) in [4.78, 5) is 25.9. The number of aliphatic hydroxyl groups is 1. The Morgan fingerprint density at radius 2 is 1.74 bits per heavy atom. The Kier molecular flexibility index (Phi) is 9.54. The molecule has 2 atom stereocenters. The summed E-state index contributed by atoms with van der Waals surface area (Å²) in [6.45, 7) is 15.2. The van der Waals surface area contributed by atoms with Crippen molar-refractivity contribution < 1.29 is 24.5 Å². The van der Waals surface area contributed by atoms with Crippen LogP contribution in [0.2, 0.25) is 0 Å². The maximum atomic E-state index is 12.9. The summed E-state index contributed by atoms with van der Waals surface area (Å²) in [5.41, 5.74) is 1.40. The van der Waals surface area contributed by atoms with Gasteiger partial charge >= 0.3 is 5.97 Å². The number of nitrogens with one attached hydrogen (secondary N) is 1. The fourth-order valence-corrected chi connectivity index (χ4v) is 4.88. The molecule has 0 saturated carbocycles. The van der Waals surface area contributed by atoms with Crippen molar-refractivity contribution in [2.45, 2.75) is 92.2 Å². The Morgan fingerprint density at radius 3 is 2.29 bits per heavy atom. The maximum absolute atomic E-state index is 12.9. The van der Waals surface area contributed by atoms with Gasteiger partial charge in [-0.05, 0) is 68.4 Å². The van der Waals surface area contributed by atoms with E-state index in [-0.39, 0.29) is 23.8 Å². The quantitative estimate of drug-likeness (QED) is 0.346. The number of amides is 1. The lowest BCUT2D eigenvalue weighted by Gasteiger charge is -2.26. The predicted octanol–water partition coefficient (Wildman–Crippen LogP) is 6.07. The molecule has 7 heteroatoms. The van der Waals surface area contributed by atoms with Crippen LogP contribution >= 0.6 is 11.3 Å². The van der Waals surface area contributed by atoms with Crippen LogP contribution < -0.4 is 10.1 Å². The first-order chi connectivity index (χ1) is 16.2. The number of benzene rings is 1. The third-order valence-electron chi connectivity index (χ3n) is 6.29. The Bertz CT molecular complexity index is 1030. The van der Waals surface area contributed by atoms with Gasteiger partial charge in [0.05, 0.1) is 11.0 Å². The number of carboxylic acid groups (broad SMARTS) is 1. The fraction of sp³-hybridized carbons (Fsp3) is 0.571. The van der Waals surface area contributed by atoms with Crippen LogP contribution in [-0.2, 0) is 4.79 Å². The number of aliphatic carboxylic acids is 1. The highest BCUT2D eigenvalue weighted by atomic mass is 32.1. The van der Waals surface area contributed by atoms with E-state index < -0.39 is 17.6 Å². The summed E-state index contributed by atoms with van der Waals surface area (Å²) in [5.74, 6) is -0.558. The number of aryl methyl sites for hydroxylation is 2. The molecule has 0 fully saturated rings. The van der Waals surface area contributed by atoms with Crippen molar-refractivity contribution >= 4 is 23.2 Å². The largest absolute Gasteiger partial charge is 0.491 e.